The topological polar surface area (TPSA) is 66.5 Å². The lowest BCUT2D eigenvalue weighted by Gasteiger charge is -2.21. The van der Waals surface area contributed by atoms with Gasteiger partial charge in [-0.2, -0.15) is 4.31 Å². The summed E-state index contributed by atoms with van der Waals surface area (Å²) in [7, 11) is -3.41. The predicted octanol–water partition coefficient (Wildman–Crippen LogP) is 1.50. The maximum Gasteiger partial charge on any atom is 0.242 e. The molecular weight excluding hydrogens is 283 g/mol. The number of carbonyl (C=O) groups is 1. The highest BCUT2D eigenvalue weighted by Gasteiger charge is 2.36. The number of nitrogens with zero attached hydrogens (tertiary/aromatic N) is 1. The molecule has 0 aromatic heterocycles. The summed E-state index contributed by atoms with van der Waals surface area (Å²) in [6.07, 6.45) is 2.21. The second-order valence-corrected chi connectivity index (χ2v) is 6.92. The van der Waals surface area contributed by atoms with Crippen LogP contribution in [-0.2, 0) is 14.8 Å². The normalized spacial score (nSPS) is 20.1. The van der Waals surface area contributed by atoms with Crippen molar-refractivity contribution in [1.29, 1.82) is 0 Å². The molecule has 110 valence electrons. The molecule has 0 radical (unpaired) electrons. The summed E-state index contributed by atoms with van der Waals surface area (Å²) in [6, 6.07) is 3.39. The molecule has 1 N–H and O–H groups in total. The molecule has 1 atom stereocenters. The molecule has 1 heterocycles. The largest absolute Gasteiger partial charge is 0.324 e. The van der Waals surface area contributed by atoms with Gasteiger partial charge >= 0.3 is 0 Å². The van der Waals surface area contributed by atoms with Crippen molar-refractivity contribution in [1.82, 2.24) is 4.31 Å². The smallest absolute Gasteiger partial charge is 0.242 e. The second-order valence-electron chi connectivity index (χ2n) is 4.98. The first-order valence-corrected chi connectivity index (χ1v) is 8.17. The van der Waals surface area contributed by atoms with Gasteiger partial charge in [0, 0.05) is 12.2 Å². The van der Waals surface area contributed by atoms with Crippen LogP contribution in [0.2, 0.25) is 0 Å². The molecule has 5 nitrogen and oxygen atoms in total. The fourth-order valence-electron chi connectivity index (χ4n) is 2.34. The van der Waals surface area contributed by atoms with E-state index < -0.39 is 27.8 Å². The molecule has 0 saturated carbocycles. The lowest BCUT2D eigenvalue weighted by molar-refractivity contribution is -0.119. The molecule has 1 fully saturated rings. The van der Waals surface area contributed by atoms with Crippen molar-refractivity contribution < 1.29 is 17.6 Å². The molecule has 0 aliphatic carbocycles. The molecular formula is C13H17FN2O3S. The van der Waals surface area contributed by atoms with Gasteiger partial charge in [0.2, 0.25) is 15.9 Å². The molecule has 2 rings (SSSR count). The van der Waals surface area contributed by atoms with Gasteiger partial charge in [-0.25, -0.2) is 12.8 Å². The number of carbonyl (C=O) groups excluding carboxylic acids is 1. The van der Waals surface area contributed by atoms with Crippen molar-refractivity contribution in [2.45, 2.75) is 25.8 Å². The van der Waals surface area contributed by atoms with E-state index >= 15 is 0 Å². The molecule has 0 bridgehead atoms. The first-order chi connectivity index (χ1) is 9.29. The zero-order valence-electron chi connectivity index (χ0n) is 11.4. The molecule has 1 aromatic carbocycles. The lowest BCUT2D eigenvalue weighted by atomic mass is 10.1. The third-order valence-electron chi connectivity index (χ3n) is 3.39. The monoisotopic (exact) mass is 300 g/mol. The minimum Gasteiger partial charge on any atom is -0.324 e. The SMILES string of the molecule is Cc1ccc(F)cc1NC(=O)C1CCCN1S(C)(=O)=O. The summed E-state index contributed by atoms with van der Waals surface area (Å²) in [5.74, 6) is -0.862. The van der Waals surface area contributed by atoms with Crippen LogP contribution in [0.15, 0.2) is 18.2 Å². The van der Waals surface area contributed by atoms with Crippen LogP contribution in [0, 0.1) is 12.7 Å². The maximum atomic E-state index is 13.2. The first kappa shape index (κ1) is 14.9. The van der Waals surface area contributed by atoms with Crippen LogP contribution in [-0.4, -0.2) is 37.5 Å². The molecule has 1 saturated heterocycles. The van der Waals surface area contributed by atoms with Crippen LogP contribution < -0.4 is 5.32 Å². The second kappa shape index (κ2) is 5.49. The molecule has 7 heteroatoms. The van der Waals surface area contributed by atoms with E-state index in [-0.39, 0.29) is 0 Å². The number of aryl methyl sites for hydroxylation is 1. The zero-order valence-corrected chi connectivity index (χ0v) is 12.2. The highest BCUT2D eigenvalue weighted by Crippen LogP contribution is 2.23. The molecule has 0 spiro atoms. The minimum absolute atomic E-state index is 0.346. The number of hydrogen-bond donors (Lipinski definition) is 1. The summed E-state index contributed by atoms with van der Waals surface area (Å²) in [5.41, 5.74) is 1.10. The molecule has 20 heavy (non-hydrogen) atoms. The number of amides is 1. The van der Waals surface area contributed by atoms with Crippen LogP contribution in [0.3, 0.4) is 0 Å². The van der Waals surface area contributed by atoms with E-state index in [0.717, 1.165) is 11.8 Å². The van der Waals surface area contributed by atoms with Crippen molar-refractivity contribution in [3.05, 3.63) is 29.6 Å². The average molecular weight is 300 g/mol. The Balaban J connectivity index is 2.18. The van der Waals surface area contributed by atoms with Crippen molar-refractivity contribution in [3.8, 4) is 0 Å². The number of benzene rings is 1. The van der Waals surface area contributed by atoms with Crippen LogP contribution in [0.5, 0.6) is 0 Å². The first-order valence-electron chi connectivity index (χ1n) is 6.33. The molecule has 1 aromatic rings. The molecule has 1 unspecified atom stereocenters. The quantitative estimate of drug-likeness (QED) is 0.920. The van der Waals surface area contributed by atoms with Gasteiger partial charge < -0.3 is 5.32 Å². The lowest BCUT2D eigenvalue weighted by Crippen LogP contribution is -2.42. The number of anilines is 1. The molecule has 1 aliphatic heterocycles. The van der Waals surface area contributed by atoms with Crippen molar-refractivity contribution in [3.63, 3.8) is 0 Å². The van der Waals surface area contributed by atoms with E-state index in [0.29, 0.717) is 25.1 Å². The Labute approximate surface area is 117 Å². The van der Waals surface area contributed by atoms with Gasteiger partial charge in [-0.05, 0) is 37.5 Å². The zero-order chi connectivity index (χ0) is 14.9. The van der Waals surface area contributed by atoms with Crippen molar-refractivity contribution in [2.75, 3.05) is 18.1 Å². The van der Waals surface area contributed by atoms with Crippen LogP contribution >= 0.6 is 0 Å². The van der Waals surface area contributed by atoms with E-state index in [1.165, 1.54) is 16.4 Å². The van der Waals surface area contributed by atoms with Gasteiger partial charge in [0.1, 0.15) is 11.9 Å². The van der Waals surface area contributed by atoms with E-state index in [4.69, 9.17) is 0 Å². The Morgan fingerprint density at radius 2 is 2.15 bits per heavy atom. The number of halogens is 1. The Hall–Kier alpha value is -1.47. The van der Waals surface area contributed by atoms with Gasteiger partial charge in [-0.15, -0.1) is 0 Å². The third kappa shape index (κ3) is 3.16. The van der Waals surface area contributed by atoms with E-state index in [1.807, 2.05) is 0 Å². The maximum absolute atomic E-state index is 13.2. The minimum atomic E-state index is -3.41. The van der Waals surface area contributed by atoms with Crippen molar-refractivity contribution in [2.24, 2.45) is 0 Å². The molecule has 1 aliphatic rings. The Morgan fingerprint density at radius 1 is 1.45 bits per heavy atom. The van der Waals surface area contributed by atoms with Crippen LogP contribution in [0.4, 0.5) is 10.1 Å². The van der Waals surface area contributed by atoms with Crippen LogP contribution in [0.1, 0.15) is 18.4 Å². The number of sulfonamides is 1. The van der Waals surface area contributed by atoms with Gasteiger partial charge in [-0.1, -0.05) is 6.07 Å². The number of nitrogens with one attached hydrogen (secondary N) is 1. The Bertz CT molecular complexity index is 631. The number of rotatable bonds is 3. The fourth-order valence-corrected chi connectivity index (χ4v) is 3.47. The highest BCUT2D eigenvalue weighted by molar-refractivity contribution is 7.88. The summed E-state index contributed by atoms with van der Waals surface area (Å²) in [4.78, 5) is 12.2. The van der Waals surface area contributed by atoms with Gasteiger partial charge in [-0.3, -0.25) is 4.79 Å². The van der Waals surface area contributed by atoms with Crippen LogP contribution in [0.25, 0.3) is 0 Å². The van der Waals surface area contributed by atoms with Crippen molar-refractivity contribution >= 4 is 21.6 Å². The van der Waals surface area contributed by atoms with Gasteiger partial charge in [0.25, 0.3) is 0 Å². The third-order valence-corrected chi connectivity index (χ3v) is 4.68. The van der Waals surface area contributed by atoms with E-state index in [9.17, 15) is 17.6 Å². The summed E-state index contributed by atoms with van der Waals surface area (Å²) in [6.45, 7) is 2.09. The summed E-state index contributed by atoms with van der Waals surface area (Å²) < 4.78 is 37.6. The Kier molecular flexibility index (Phi) is 4.10. The van der Waals surface area contributed by atoms with Gasteiger partial charge in [0.15, 0.2) is 0 Å². The standard InChI is InChI=1S/C13H17FN2O3S/c1-9-5-6-10(14)8-11(9)15-13(17)12-4-3-7-16(12)20(2,18)19/h5-6,8,12H,3-4,7H2,1-2H3,(H,15,17). The predicted molar refractivity (Wildman–Crippen MR) is 74.3 cm³/mol. The summed E-state index contributed by atoms with van der Waals surface area (Å²) in [5, 5.41) is 2.61. The van der Waals surface area contributed by atoms with Gasteiger partial charge in [0.05, 0.1) is 6.26 Å². The molecule has 1 amide bonds. The van der Waals surface area contributed by atoms with E-state index in [1.54, 1.807) is 13.0 Å². The van der Waals surface area contributed by atoms with E-state index in [2.05, 4.69) is 5.32 Å². The summed E-state index contributed by atoms with van der Waals surface area (Å²) >= 11 is 0. The Morgan fingerprint density at radius 3 is 2.80 bits per heavy atom. The average Bonchev–Trinajstić information content (AvgIpc) is 2.82. The number of hydrogen-bond acceptors (Lipinski definition) is 3. The highest BCUT2D eigenvalue weighted by atomic mass is 32.2. The fraction of sp³-hybridized carbons (Fsp3) is 0.462.